The molecule has 0 unspecified atom stereocenters. The molecule has 1 amide bonds. The number of carbonyl (C=O) groups excluding carboxylic acids is 3. The minimum absolute atomic E-state index is 0.0867. The van der Waals surface area contributed by atoms with Crippen LogP contribution in [0.4, 0.5) is 5.69 Å². The Morgan fingerprint density at radius 3 is 2.17 bits per heavy atom. The molecule has 0 saturated carbocycles. The van der Waals surface area contributed by atoms with Crippen LogP contribution in [0.1, 0.15) is 34.6 Å². The molecule has 0 radical (unpaired) electrons. The Morgan fingerprint density at radius 1 is 0.967 bits per heavy atom. The third-order valence-electron chi connectivity index (χ3n) is 4.11. The smallest absolute Gasteiger partial charge is 0.420 e. The Kier molecular flexibility index (Phi) is 6.31. The molecule has 0 bridgehead atoms. The Morgan fingerprint density at radius 2 is 1.57 bits per heavy atom. The van der Waals surface area contributed by atoms with Crippen molar-refractivity contribution in [1.29, 1.82) is 0 Å². The van der Waals surface area contributed by atoms with Gasteiger partial charge in [0.15, 0.2) is 5.58 Å². The van der Waals surface area contributed by atoms with Gasteiger partial charge in [0, 0.05) is 5.69 Å². The highest BCUT2D eigenvalue weighted by Crippen LogP contribution is 2.18. The number of nitrogens with zero attached hydrogens (tertiary/aromatic N) is 1. The van der Waals surface area contributed by atoms with Crippen LogP contribution in [0.15, 0.2) is 51.7 Å². The van der Waals surface area contributed by atoms with Crippen LogP contribution in [0.3, 0.4) is 0 Å². The zero-order chi connectivity index (χ0) is 21.7. The predicted octanol–water partition coefficient (Wildman–Crippen LogP) is 2.59. The van der Waals surface area contributed by atoms with Crippen LogP contribution >= 0.6 is 0 Å². The maximum absolute atomic E-state index is 12.5. The number of anilines is 1. The fourth-order valence-electron chi connectivity index (χ4n) is 2.87. The molecule has 2 aromatic carbocycles. The van der Waals surface area contributed by atoms with E-state index in [9.17, 15) is 19.2 Å². The molecule has 1 heterocycles. The van der Waals surface area contributed by atoms with E-state index in [-0.39, 0.29) is 36.6 Å². The molecular formula is C21H20N2O7. The number of aromatic nitrogens is 1. The number of fused-ring (bicyclic) bond motifs is 1. The van der Waals surface area contributed by atoms with Crippen LogP contribution in [0, 0.1) is 0 Å². The lowest BCUT2D eigenvalue weighted by Crippen LogP contribution is -2.25. The van der Waals surface area contributed by atoms with Gasteiger partial charge >= 0.3 is 17.7 Å². The lowest BCUT2D eigenvalue weighted by atomic mass is 10.1. The number of carbonyl (C=O) groups is 3. The standard InChI is InChI=1S/C21H20N2O7/c1-3-28-19(25)13-9-14(20(26)29-4-2)11-15(10-13)22-18(24)12-23-16-7-5-6-8-17(16)30-21(23)27/h5-11H,3-4,12H2,1-2H3,(H,22,24). The molecule has 0 aliphatic carbocycles. The summed E-state index contributed by atoms with van der Waals surface area (Å²) in [6.07, 6.45) is 0. The molecule has 1 N–H and O–H groups in total. The number of oxazole rings is 1. The minimum atomic E-state index is -0.668. The lowest BCUT2D eigenvalue weighted by molar-refractivity contribution is -0.116. The first-order valence-electron chi connectivity index (χ1n) is 9.30. The summed E-state index contributed by atoms with van der Waals surface area (Å²) in [7, 11) is 0. The van der Waals surface area contributed by atoms with Crippen LogP contribution in [0.25, 0.3) is 11.1 Å². The molecule has 156 valence electrons. The van der Waals surface area contributed by atoms with Crippen molar-refractivity contribution in [3.63, 3.8) is 0 Å². The second-order valence-electron chi connectivity index (χ2n) is 6.21. The Labute approximate surface area is 171 Å². The summed E-state index contributed by atoms with van der Waals surface area (Å²) in [4.78, 5) is 48.8. The minimum Gasteiger partial charge on any atom is -0.462 e. The third kappa shape index (κ3) is 4.57. The molecule has 0 atom stereocenters. The maximum Gasteiger partial charge on any atom is 0.420 e. The van der Waals surface area contributed by atoms with Crippen molar-refractivity contribution in [3.05, 3.63) is 64.1 Å². The van der Waals surface area contributed by atoms with Crippen molar-refractivity contribution in [2.24, 2.45) is 0 Å². The number of esters is 2. The number of hydrogen-bond donors (Lipinski definition) is 1. The van der Waals surface area contributed by atoms with Crippen LogP contribution in [-0.4, -0.2) is 35.6 Å². The quantitative estimate of drug-likeness (QED) is 0.593. The summed E-state index contributed by atoms with van der Waals surface area (Å²) in [5, 5.41) is 2.59. The van der Waals surface area contributed by atoms with Gasteiger partial charge in [-0.25, -0.2) is 14.4 Å². The SMILES string of the molecule is CCOC(=O)c1cc(NC(=O)Cn2c(=O)oc3ccccc32)cc(C(=O)OCC)c1. The van der Waals surface area contributed by atoms with E-state index in [0.717, 1.165) is 0 Å². The van der Waals surface area contributed by atoms with E-state index in [0.29, 0.717) is 11.1 Å². The monoisotopic (exact) mass is 412 g/mol. The average molecular weight is 412 g/mol. The van der Waals surface area contributed by atoms with Gasteiger partial charge in [0.1, 0.15) is 6.54 Å². The van der Waals surface area contributed by atoms with Gasteiger partial charge in [-0.05, 0) is 44.2 Å². The average Bonchev–Trinajstić information content (AvgIpc) is 3.03. The zero-order valence-electron chi connectivity index (χ0n) is 16.5. The van der Waals surface area contributed by atoms with E-state index >= 15 is 0 Å². The van der Waals surface area contributed by atoms with Gasteiger partial charge in [-0.2, -0.15) is 0 Å². The fourth-order valence-corrected chi connectivity index (χ4v) is 2.87. The van der Waals surface area contributed by atoms with E-state index in [1.54, 1.807) is 38.1 Å². The van der Waals surface area contributed by atoms with Crippen molar-refractivity contribution < 1.29 is 28.3 Å². The number of amides is 1. The molecule has 0 aliphatic rings. The van der Waals surface area contributed by atoms with Gasteiger partial charge in [-0.15, -0.1) is 0 Å². The summed E-state index contributed by atoms with van der Waals surface area (Å²) in [6.45, 7) is 3.31. The summed E-state index contributed by atoms with van der Waals surface area (Å²) in [5.74, 6) is -2.49. The summed E-state index contributed by atoms with van der Waals surface area (Å²) in [6, 6.07) is 10.8. The Hall–Kier alpha value is -3.88. The van der Waals surface area contributed by atoms with E-state index in [1.165, 1.54) is 22.8 Å². The highest BCUT2D eigenvalue weighted by atomic mass is 16.5. The molecule has 30 heavy (non-hydrogen) atoms. The van der Waals surface area contributed by atoms with Crippen molar-refractivity contribution in [2.75, 3.05) is 18.5 Å². The number of benzene rings is 2. The van der Waals surface area contributed by atoms with Gasteiger partial charge in [0.05, 0.1) is 29.9 Å². The molecular weight excluding hydrogens is 392 g/mol. The second kappa shape index (κ2) is 9.08. The fraction of sp³-hybridized carbons (Fsp3) is 0.238. The number of hydrogen-bond acceptors (Lipinski definition) is 7. The van der Waals surface area contributed by atoms with Gasteiger partial charge in [0.2, 0.25) is 5.91 Å². The molecule has 0 spiro atoms. The van der Waals surface area contributed by atoms with Crippen molar-refractivity contribution >= 4 is 34.6 Å². The van der Waals surface area contributed by atoms with Crippen LogP contribution < -0.4 is 11.1 Å². The zero-order valence-corrected chi connectivity index (χ0v) is 16.5. The van der Waals surface area contributed by atoms with E-state index in [2.05, 4.69) is 5.32 Å². The second-order valence-corrected chi connectivity index (χ2v) is 6.21. The van der Waals surface area contributed by atoms with Gasteiger partial charge < -0.3 is 19.2 Å². The number of rotatable bonds is 7. The van der Waals surface area contributed by atoms with Gasteiger partial charge in [-0.1, -0.05) is 12.1 Å². The van der Waals surface area contributed by atoms with Crippen LogP contribution in [0.2, 0.25) is 0 Å². The van der Waals surface area contributed by atoms with Crippen molar-refractivity contribution in [3.8, 4) is 0 Å². The molecule has 1 aromatic heterocycles. The number of ether oxygens (including phenoxy) is 2. The van der Waals surface area contributed by atoms with Crippen LogP contribution in [0.5, 0.6) is 0 Å². The first kappa shape index (κ1) is 20.8. The van der Waals surface area contributed by atoms with Gasteiger partial charge in [0.25, 0.3) is 0 Å². The topological polar surface area (TPSA) is 117 Å². The van der Waals surface area contributed by atoms with Crippen LogP contribution in [-0.2, 0) is 20.8 Å². The highest BCUT2D eigenvalue weighted by Gasteiger charge is 2.17. The molecule has 0 aliphatic heterocycles. The van der Waals surface area contributed by atoms with Gasteiger partial charge in [-0.3, -0.25) is 9.36 Å². The number of nitrogens with one attached hydrogen (secondary N) is 1. The number of para-hydroxylation sites is 2. The molecule has 0 fully saturated rings. The molecule has 0 saturated heterocycles. The summed E-state index contributed by atoms with van der Waals surface area (Å²) in [5.41, 5.74) is 1.20. The first-order valence-corrected chi connectivity index (χ1v) is 9.30. The maximum atomic E-state index is 12.5. The van der Waals surface area contributed by atoms with E-state index in [4.69, 9.17) is 13.9 Å². The lowest BCUT2D eigenvalue weighted by Gasteiger charge is -2.11. The molecule has 9 heteroatoms. The summed E-state index contributed by atoms with van der Waals surface area (Å²) < 4.78 is 16.2. The highest BCUT2D eigenvalue weighted by molar-refractivity contribution is 5.99. The Bertz CT molecular complexity index is 1120. The Balaban J connectivity index is 1.87. The largest absolute Gasteiger partial charge is 0.462 e. The normalized spacial score (nSPS) is 10.6. The third-order valence-corrected chi connectivity index (χ3v) is 4.11. The molecule has 3 rings (SSSR count). The predicted molar refractivity (Wildman–Crippen MR) is 107 cm³/mol. The molecule has 9 nitrogen and oxygen atoms in total. The molecule has 3 aromatic rings. The first-order chi connectivity index (χ1) is 14.4. The van der Waals surface area contributed by atoms with Crippen molar-refractivity contribution in [2.45, 2.75) is 20.4 Å². The van der Waals surface area contributed by atoms with Crippen molar-refractivity contribution in [1.82, 2.24) is 4.57 Å². The van der Waals surface area contributed by atoms with E-state index in [1.807, 2.05) is 0 Å². The summed E-state index contributed by atoms with van der Waals surface area (Å²) >= 11 is 0. The van der Waals surface area contributed by atoms with E-state index < -0.39 is 23.6 Å².